The molecular weight excluding hydrogens is 336 g/mol. The number of hydrogen-bond acceptors (Lipinski definition) is 6. The summed E-state index contributed by atoms with van der Waals surface area (Å²) >= 11 is 0. The van der Waals surface area contributed by atoms with E-state index in [0.717, 1.165) is 5.56 Å². The molecule has 4 rings (SSSR count). The van der Waals surface area contributed by atoms with E-state index in [9.17, 15) is 4.79 Å². The van der Waals surface area contributed by atoms with Gasteiger partial charge >= 0.3 is 5.97 Å². The van der Waals surface area contributed by atoms with Crippen LogP contribution in [-0.2, 0) is 23.7 Å². The van der Waals surface area contributed by atoms with Gasteiger partial charge in [0.15, 0.2) is 6.29 Å². The predicted octanol–water partition coefficient (Wildman–Crippen LogP) is 2.46. The summed E-state index contributed by atoms with van der Waals surface area (Å²) in [5, 5.41) is 0. The van der Waals surface area contributed by atoms with Crippen molar-refractivity contribution in [1.29, 1.82) is 0 Å². The molecule has 0 N–H and O–H groups in total. The van der Waals surface area contributed by atoms with Gasteiger partial charge in [0.2, 0.25) is 0 Å². The van der Waals surface area contributed by atoms with Gasteiger partial charge in [-0.15, -0.1) is 0 Å². The van der Waals surface area contributed by atoms with Crippen molar-refractivity contribution in [3.05, 3.63) is 54.6 Å². The normalized spacial score (nSPS) is 30.7. The van der Waals surface area contributed by atoms with Gasteiger partial charge < -0.3 is 23.5 Å². The lowest BCUT2D eigenvalue weighted by Crippen LogP contribution is -2.41. The van der Waals surface area contributed by atoms with Crippen molar-refractivity contribution in [2.45, 2.75) is 38.1 Å². The first-order chi connectivity index (χ1) is 12.8. The molecule has 0 spiro atoms. The fraction of sp³-hybridized carbons (Fsp3) is 0.474. The number of carbonyl (C=O) groups excluding carboxylic acids is 1. The quantitative estimate of drug-likeness (QED) is 0.765. The van der Waals surface area contributed by atoms with Gasteiger partial charge in [-0.2, -0.15) is 0 Å². The molecule has 3 heterocycles. The number of rotatable bonds is 5. The first-order valence-electron chi connectivity index (χ1n) is 8.86. The number of ether oxygens (including phenoxy) is 4. The summed E-state index contributed by atoms with van der Waals surface area (Å²) in [5.41, 5.74) is 0.951. The standard InChI is InChI=1S/C19H22N2O5/c1-2-23-16(22)10-14-17-15(25-18(14)21-9-8-20-12-21)11-24-19(26-17)13-6-4-3-5-7-13/h3-9,12,14-15,17-19H,2,10-11H2,1H3/t14-,15+,17-,18+,19?/m0/s1. The molecule has 2 fully saturated rings. The van der Waals surface area contributed by atoms with Gasteiger partial charge in [0, 0.05) is 23.9 Å². The highest BCUT2D eigenvalue weighted by Crippen LogP contribution is 2.44. The Morgan fingerprint density at radius 2 is 2.15 bits per heavy atom. The lowest BCUT2D eigenvalue weighted by Gasteiger charge is -2.33. The van der Waals surface area contributed by atoms with E-state index in [0.29, 0.717) is 13.2 Å². The molecule has 0 aliphatic carbocycles. The number of hydrogen-bond donors (Lipinski definition) is 0. The minimum atomic E-state index is -0.465. The number of carbonyl (C=O) groups is 1. The van der Waals surface area contributed by atoms with Gasteiger partial charge in [0.1, 0.15) is 12.3 Å². The molecule has 2 aromatic rings. The van der Waals surface area contributed by atoms with Crippen LogP contribution in [0.25, 0.3) is 0 Å². The Balaban J connectivity index is 1.56. The molecule has 0 radical (unpaired) electrons. The number of aromatic nitrogens is 2. The van der Waals surface area contributed by atoms with Crippen LogP contribution in [0, 0.1) is 5.92 Å². The van der Waals surface area contributed by atoms with Gasteiger partial charge in [0.05, 0.1) is 32.1 Å². The van der Waals surface area contributed by atoms with Gasteiger partial charge in [-0.05, 0) is 6.92 Å². The molecule has 1 aromatic carbocycles. The van der Waals surface area contributed by atoms with E-state index in [1.165, 1.54) is 0 Å². The topological polar surface area (TPSA) is 71.8 Å². The average Bonchev–Trinajstić information content (AvgIpc) is 3.30. The van der Waals surface area contributed by atoms with Crippen molar-refractivity contribution in [2.75, 3.05) is 13.2 Å². The van der Waals surface area contributed by atoms with E-state index in [4.69, 9.17) is 18.9 Å². The Hall–Kier alpha value is -2.22. The van der Waals surface area contributed by atoms with Crippen molar-refractivity contribution >= 4 is 5.97 Å². The van der Waals surface area contributed by atoms with Crippen LogP contribution >= 0.6 is 0 Å². The SMILES string of the molecule is CCOC(=O)C[C@H]1[C@@H]2OC(c3ccccc3)OC[C@H]2O[C@H]1n1ccnc1. The predicted molar refractivity (Wildman–Crippen MR) is 90.9 cm³/mol. The van der Waals surface area contributed by atoms with E-state index >= 15 is 0 Å². The van der Waals surface area contributed by atoms with Crippen molar-refractivity contribution < 1.29 is 23.7 Å². The highest BCUT2D eigenvalue weighted by molar-refractivity contribution is 5.69. The van der Waals surface area contributed by atoms with E-state index in [2.05, 4.69) is 4.98 Å². The van der Waals surface area contributed by atoms with Crippen molar-refractivity contribution in [3.63, 3.8) is 0 Å². The van der Waals surface area contributed by atoms with Gasteiger partial charge in [-0.3, -0.25) is 4.79 Å². The van der Waals surface area contributed by atoms with Gasteiger partial charge in [-0.25, -0.2) is 4.98 Å². The van der Waals surface area contributed by atoms with Crippen LogP contribution < -0.4 is 0 Å². The highest BCUT2D eigenvalue weighted by Gasteiger charge is 2.50. The van der Waals surface area contributed by atoms with Crippen LogP contribution in [0.5, 0.6) is 0 Å². The van der Waals surface area contributed by atoms with E-state index < -0.39 is 6.29 Å². The second kappa shape index (κ2) is 7.57. The third-order valence-electron chi connectivity index (χ3n) is 4.76. The average molecular weight is 358 g/mol. The molecule has 5 atom stereocenters. The largest absolute Gasteiger partial charge is 0.466 e. The third-order valence-corrected chi connectivity index (χ3v) is 4.76. The fourth-order valence-corrected chi connectivity index (χ4v) is 3.61. The zero-order valence-electron chi connectivity index (χ0n) is 14.6. The summed E-state index contributed by atoms with van der Waals surface area (Å²) < 4.78 is 25.3. The molecule has 0 amide bonds. The van der Waals surface area contributed by atoms with Crippen molar-refractivity contribution in [2.24, 2.45) is 5.92 Å². The van der Waals surface area contributed by atoms with E-state index in [-0.39, 0.29) is 36.7 Å². The number of esters is 1. The Labute approximate surface area is 151 Å². The molecule has 2 saturated heterocycles. The van der Waals surface area contributed by atoms with Crippen LogP contribution in [0.2, 0.25) is 0 Å². The van der Waals surface area contributed by atoms with Crippen LogP contribution in [0.1, 0.15) is 31.4 Å². The maximum absolute atomic E-state index is 12.2. The summed E-state index contributed by atoms with van der Waals surface area (Å²) in [7, 11) is 0. The van der Waals surface area contributed by atoms with Crippen LogP contribution in [0.4, 0.5) is 0 Å². The summed E-state index contributed by atoms with van der Waals surface area (Å²) in [6, 6.07) is 9.78. The second-order valence-corrected chi connectivity index (χ2v) is 6.42. The lowest BCUT2D eigenvalue weighted by molar-refractivity contribution is -0.249. The Morgan fingerprint density at radius 1 is 1.31 bits per heavy atom. The number of benzene rings is 1. The number of imidazole rings is 1. The lowest BCUT2D eigenvalue weighted by atomic mass is 9.95. The summed E-state index contributed by atoms with van der Waals surface area (Å²) in [5.74, 6) is -0.429. The fourth-order valence-electron chi connectivity index (χ4n) is 3.61. The molecular formula is C19H22N2O5. The smallest absolute Gasteiger partial charge is 0.306 e. The summed E-state index contributed by atoms with van der Waals surface area (Å²) in [6.45, 7) is 2.57. The van der Waals surface area contributed by atoms with Crippen LogP contribution in [-0.4, -0.2) is 40.9 Å². The van der Waals surface area contributed by atoms with Crippen molar-refractivity contribution in [3.8, 4) is 0 Å². The molecule has 2 aliphatic rings. The highest BCUT2D eigenvalue weighted by atomic mass is 16.7. The molecule has 7 heteroatoms. The van der Waals surface area contributed by atoms with Crippen molar-refractivity contribution in [1.82, 2.24) is 9.55 Å². The van der Waals surface area contributed by atoms with Gasteiger partial charge in [0.25, 0.3) is 0 Å². The first kappa shape index (κ1) is 17.2. The van der Waals surface area contributed by atoms with Gasteiger partial charge in [-0.1, -0.05) is 30.3 Å². The zero-order chi connectivity index (χ0) is 17.9. The van der Waals surface area contributed by atoms with E-state index in [1.54, 1.807) is 19.4 Å². The zero-order valence-corrected chi connectivity index (χ0v) is 14.6. The van der Waals surface area contributed by atoms with E-state index in [1.807, 2.05) is 41.1 Å². The number of nitrogens with zero attached hydrogens (tertiary/aromatic N) is 2. The monoisotopic (exact) mass is 358 g/mol. The maximum Gasteiger partial charge on any atom is 0.306 e. The molecule has 0 saturated carbocycles. The minimum Gasteiger partial charge on any atom is -0.466 e. The molecule has 7 nitrogen and oxygen atoms in total. The maximum atomic E-state index is 12.2. The molecule has 1 aromatic heterocycles. The Kier molecular flexibility index (Phi) is 5.01. The first-order valence-corrected chi connectivity index (χ1v) is 8.86. The summed E-state index contributed by atoms with van der Waals surface area (Å²) in [4.78, 5) is 16.2. The van der Waals surface area contributed by atoms with Crippen LogP contribution in [0.15, 0.2) is 49.1 Å². The molecule has 1 unspecified atom stereocenters. The molecule has 0 bridgehead atoms. The Bertz CT molecular complexity index is 721. The second-order valence-electron chi connectivity index (χ2n) is 6.42. The number of fused-ring (bicyclic) bond motifs is 1. The summed E-state index contributed by atoms with van der Waals surface area (Å²) in [6.07, 6.45) is 4.14. The third kappa shape index (κ3) is 3.38. The molecule has 26 heavy (non-hydrogen) atoms. The van der Waals surface area contributed by atoms with Crippen LogP contribution in [0.3, 0.4) is 0 Å². The molecule has 2 aliphatic heterocycles. The Morgan fingerprint density at radius 3 is 2.88 bits per heavy atom. The minimum absolute atomic E-state index is 0.177. The molecule has 138 valence electrons.